The maximum Gasteiger partial charge on any atom is 0.242 e. The molecular weight excluding hydrogens is 254 g/mol. The van der Waals surface area contributed by atoms with E-state index in [1.54, 1.807) is 27.9 Å². The third-order valence-electron chi connectivity index (χ3n) is 2.53. The largest absolute Gasteiger partial charge is 0.392 e. The minimum Gasteiger partial charge on any atom is -0.392 e. The monoisotopic (exact) mass is 275 g/mol. The van der Waals surface area contributed by atoms with Crippen molar-refractivity contribution in [2.75, 3.05) is 20.3 Å². The van der Waals surface area contributed by atoms with Gasteiger partial charge >= 0.3 is 0 Å². The molecule has 0 aromatic rings. The summed E-state index contributed by atoms with van der Waals surface area (Å²) in [5.74, 6) is -0.650. The highest BCUT2D eigenvalue weighted by atomic mass is 32.1. The van der Waals surface area contributed by atoms with Gasteiger partial charge < -0.3 is 21.1 Å². The van der Waals surface area contributed by atoms with Crippen LogP contribution in [0.4, 0.5) is 0 Å². The molecule has 0 heterocycles. The topological polar surface area (TPSA) is 93.5 Å². The number of amides is 2. The number of hydrogen-bond acceptors (Lipinski definition) is 4. The molecule has 0 spiro atoms. The van der Waals surface area contributed by atoms with Gasteiger partial charge in [0.2, 0.25) is 11.8 Å². The predicted octanol–water partition coefficient (Wildman–Crippen LogP) is -0.434. The van der Waals surface area contributed by atoms with E-state index in [1.807, 2.05) is 0 Å². The first-order chi connectivity index (χ1) is 8.23. The zero-order valence-corrected chi connectivity index (χ0v) is 12.0. The van der Waals surface area contributed by atoms with Gasteiger partial charge in [0.25, 0.3) is 0 Å². The molecule has 18 heavy (non-hydrogen) atoms. The summed E-state index contributed by atoms with van der Waals surface area (Å²) >= 11 is 4.81. The van der Waals surface area contributed by atoms with E-state index in [1.165, 1.54) is 0 Å². The normalized spacial score (nSPS) is 12.7. The van der Waals surface area contributed by atoms with Crippen LogP contribution in [0.3, 0.4) is 0 Å². The van der Waals surface area contributed by atoms with Gasteiger partial charge in [-0.25, -0.2) is 0 Å². The van der Waals surface area contributed by atoms with Crippen LogP contribution in [0.5, 0.6) is 0 Å². The Hall–Kier alpha value is -1.21. The average Bonchev–Trinajstić information content (AvgIpc) is 2.28. The number of nitrogens with one attached hydrogen (secondary N) is 2. The molecule has 0 fully saturated rings. The summed E-state index contributed by atoms with van der Waals surface area (Å²) in [7, 11) is 1.54. The quantitative estimate of drug-likeness (QED) is 0.433. The Kier molecular flexibility index (Phi) is 6.79. The summed E-state index contributed by atoms with van der Waals surface area (Å²) in [6, 6.07) is -0.650. The van der Waals surface area contributed by atoms with Crippen molar-refractivity contribution in [2.24, 2.45) is 11.1 Å². The Morgan fingerprint density at radius 3 is 2.44 bits per heavy atom. The van der Waals surface area contributed by atoms with E-state index in [4.69, 9.17) is 22.7 Å². The van der Waals surface area contributed by atoms with E-state index in [-0.39, 0.29) is 16.8 Å². The summed E-state index contributed by atoms with van der Waals surface area (Å²) in [6.07, 6.45) is 0. The number of methoxy groups -OCH3 is 1. The van der Waals surface area contributed by atoms with Crippen LogP contribution in [0, 0.1) is 5.41 Å². The lowest BCUT2D eigenvalue weighted by molar-refractivity contribution is -0.131. The first-order valence-electron chi connectivity index (χ1n) is 5.61. The van der Waals surface area contributed by atoms with Crippen molar-refractivity contribution < 1.29 is 14.3 Å². The highest BCUT2D eigenvalue weighted by molar-refractivity contribution is 7.80. The van der Waals surface area contributed by atoms with Gasteiger partial charge in [-0.15, -0.1) is 0 Å². The molecule has 0 rings (SSSR count). The van der Waals surface area contributed by atoms with Crippen molar-refractivity contribution in [2.45, 2.75) is 26.8 Å². The molecule has 4 N–H and O–H groups in total. The number of carbonyl (C=O) groups excluding carboxylic acids is 2. The minimum absolute atomic E-state index is 0.0898. The van der Waals surface area contributed by atoms with Crippen LogP contribution < -0.4 is 16.4 Å². The first-order valence-corrected chi connectivity index (χ1v) is 6.01. The molecule has 1 atom stereocenters. The van der Waals surface area contributed by atoms with Crippen molar-refractivity contribution in [3.05, 3.63) is 0 Å². The Bertz CT molecular complexity index is 331. The van der Waals surface area contributed by atoms with Crippen LogP contribution >= 0.6 is 12.2 Å². The molecule has 2 amide bonds. The Morgan fingerprint density at radius 1 is 1.44 bits per heavy atom. The van der Waals surface area contributed by atoms with Gasteiger partial charge in [-0.05, 0) is 20.8 Å². The van der Waals surface area contributed by atoms with Crippen molar-refractivity contribution in [3.63, 3.8) is 0 Å². The number of hydrogen-bond donors (Lipinski definition) is 3. The lowest BCUT2D eigenvalue weighted by atomic mass is 9.92. The first kappa shape index (κ1) is 16.8. The van der Waals surface area contributed by atoms with Crippen molar-refractivity contribution in [1.29, 1.82) is 0 Å². The lowest BCUT2D eigenvalue weighted by Gasteiger charge is -2.24. The SMILES string of the molecule is COCCNC(=O)C(C)NC(=O)C(C)(C)C(N)=S. The number of rotatable bonds is 7. The number of nitrogens with two attached hydrogens (primary N) is 1. The molecule has 0 aromatic carbocycles. The molecule has 0 aliphatic heterocycles. The number of ether oxygens (including phenoxy) is 1. The Balaban J connectivity index is 4.31. The predicted molar refractivity (Wildman–Crippen MR) is 73.1 cm³/mol. The summed E-state index contributed by atoms with van der Waals surface area (Å²) in [6.45, 7) is 5.63. The zero-order chi connectivity index (χ0) is 14.3. The van der Waals surface area contributed by atoms with Crippen LogP contribution in [0.2, 0.25) is 0 Å². The van der Waals surface area contributed by atoms with E-state index in [0.717, 1.165) is 0 Å². The van der Waals surface area contributed by atoms with Gasteiger partial charge in [-0.1, -0.05) is 12.2 Å². The molecule has 0 saturated heterocycles. The Labute approximate surface area is 113 Å². The highest BCUT2D eigenvalue weighted by Crippen LogP contribution is 2.15. The van der Waals surface area contributed by atoms with E-state index in [9.17, 15) is 9.59 Å². The molecular formula is C11H21N3O3S. The van der Waals surface area contributed by atoms with Crippen molar-refractivity contribution in [3.8, 4) is 0 Å². The molecule has 1 unspecified atom stereocenters. The summed E-state index contributed by atoms with van der Waals surface area (Å²) in [5, 5.41) is 5.20. The third kappa shape index (κ3) is 4.97. The van der Waals surface area contributed by atoms with Gasteiger partial charge in [0.15, 0.2) is 0 Å². The second kappa shape index (κ2) is 7.27. The van der Waals surface area contributed by atoms with E-state index >= 15 is 0 Å². The third-order valence-corrected chi connectivity index (χ3v) is 3.04. The standard InChI is InChI=1S/C11H21N3O3S/c1-7(8(15)13-5-6-17-4)14-10(16)11(2,3)9(12)18/h7H,5-6H2,1-4H3,(H2,12,18)(H,13,15)(H,14,16). The summed E-state index contributed by atoms with van der Waals surface area (Å²) < 4.78 is 4.80. The lowest BCUT2D eigenvalue weighted by Crippen LogP contribution is -2.52. The average molecular weight is 275 g/mol. The fraction of sp³-hybridized carbons (Fsp3) is 0.727. The molecule has 0 aliphatic rings. The van der Waals surface area contributed by atoms with Crippen LogP contribution in [0.25, 0.3) is 0 Å². The fourth-order valence-corrected chi connectivity index (χ4v) is 1.08. The van der Waals surface area contributed by atoms with Gasteiger partial charge in [0, 0.05) is 13.7 Å². The van der Waals surface area contributed by atoms with Gasteiger partial charge in [0.1, 0.15) is 6.04 Å². The minimum atomic E-state index is -0.976. The molecule has 0 aliphatic carbocycles. The smallest absolute Gasteiger partial charge is 0.242 e. The number of carbonyl (C=O) groups is 2. The molecule has 0 aromatic heterocycles. The molecule has 0 bridgehead atoms. The summed E-state index contributed by atoms with van der Waals surface area (Å²) in [5.41, 5.74) is 4.50. The van der Waals surface area contributed by atoms with Gasteiger partial charge in [-0.3, -0.25) is 9.59 Å². The summed E-state index contributed by atoms with van der Waals surface area (Å²) in [4.78, 5) is 23.6. The second-order valence-electron chi connectivity index (χ2n) is 4.47. The number of thiocarbonyl (C=S) groups is 1. The molecule has 0 saturated carbocycles. The van der Waals surface area contributed by atoms with Gasteiger partial charge in [-0.2, -0.15) is 0 Å². The maximum atomic E-state index is 11.9. The van der Waals surface area contributed by atoms with E-state index in [0.29, 0.717) is 13.2 Å². The van der Waals surface area contributed by atoms with Crippen LogP contribution in [0.1, 0.15) is 20.8 Å². The van der Waals surface area contributed by atoms with Crippen molar-refractivity contribution >= 4 is 29.0 Å². The van der Waals surface area contributed by atoms with Crippen LogP contribution in [0.15, 0.2) is 0 Å². The molecule has 6 nitrogen and oxygen atoms in total. The highest BCUT2D eigenvalue weighted by Gasteiger charge is 2.32. The fourth-order valence-electron chi connectivity index (χ4n) is 0.984. The Morgan fingerprint density at radius 2 is 2.00 bits per heavy atom. The second-order valence-corrected chi connectivity index (χ2v) is 4.91. The maximum absolute atomic E-state index is 11.9. The van der Waals surface area contributed by atoms with Crippen LogP contribution in [-0.4, -0.2) is 43.1 Å². The van der Waals surface area contributed by atoms with E-state index in [2.05, 4.69) is 10.6 Å². The van der Waals surface area contributed by atoms with E-state index < -0.39 is 11.5 Å². The molecule has 104 valence electrons. The zero-order valence-electron chi connectivity index (χ0n) is 11.2. The van der Waals surface area contributed by atoms with Crippen molar-refractivity contribution in [1.82, 2.24) is 10.6 Å². The molecule has 7 heteroatoms. The van der Waals surface area contributed by atoms with Crippen LogP contribution in [-0.2, 0) is 14.3 Å². The molecule has 0 radical (unpaired) electrons. The van der Waals surface area contributed by atoms with Gasteiger partial charge in [0.05, 0.1) is 17.0 Å².